The smallest absolute Gasteiger partial charge is 0.295 e. The predicted molar refractivity (Wildman–Crippen MR) is 141 cm³/mol. The molecule has 0 aliphatic heterocycles. The first-order chi connectivity index (χ1) is 17.8. The lowest BCUT2D eigenvalue weighted by Crippen LogP contribution is -2.01. The van der Waals surface area contributed by atoms with E-state index in [0.717, 1.165) is 23.8 Å². The molecule has 4 aromatic carbocycles. The van der Waals surface area contributed by atoms with Gasteiger partial charge < -0.3 is 4.74 Å². The Morgan fingerprint density at radius 3 is 1.97 bits per heavy atom. The molecule has 0 spiro atoms. The fraction of sp³-hybridized carbons (Fsp3) is 0.120. The molecule has 4 aromatic rings. The lowest BCUT2D eigenvalue weighted by molar-refractivity contribution is 0.416. The molecule has 0 saturated heterocycles. The number of aryl methyl sites for hydroxylation is 2. The fourth-order valence-electron chi connectivity index (χ4n) is 3.58. The minimum absolute atomic E-state index is 0.0131. The number of hydrogen-bond donors (Lipinski definition) is 2. The number of rotatable bonds is 7. The van der Waals surface area contributed by atoms with Crippen LogP contribution < -0.4 is 4.74 Å². The van der Waals surface area contributed by atoms with Gasteiger partial charge in [-0.1, -0.05) is 23.8 Å². The zero-order valence-electron chi connectivity index (χ0n) is 20.4. The topological polar surface area (TPSA) is 167 Å². The first kappa shape index (κ1) is 27.0. The highest BCUT2D eigenvalue weighted by Crippen LogP contribution is 2.37. The minimum Gasteiger partial charge on any atom is -0.494 e. The van der Waals surface area contributed by atoms with Crippen LogP contribution in [-0.4, -0.2) is 33.1 Å². The van der Waals surface area contributed by atoms with Gasteiger partial charge in [0.15, 0.2) is 0 Å². The first-order valence-corrected chi connectivity index (χ1v) is 13.8. The number of ether oxygens (including phenoxy) is 1. The third-order valence-corrected chi connectivity index (χ3v) is 7.27. The highest BCUT2D eigenvalue weighted by molar-refractivity contribution is 7.86. The fourth-order valence-corrected chi connectivity index (χ4v) is 4.82. The lowest BCUT2D eigenvalue weighted by atomic mass is 10.1. The van der Waals surface area contributed by atoms with Crippen LogP contribution in [0.3, 0.4) is 0 Å². The van der Waals surface area contributed by atoms with Crippen molar-refractivity contribution in [3.05, 3.63) is 77.9 Å². The summed E-state index contributed by atoms with van der Waals surface area (Å²) in [5.74, 6) is 0.371. The molecule has 0 aliphatic carbocycles. The third-order valence-electron chi connectivity index (χ3n) is 5.52. The van der Waals surface area contributed by atoms with E-state index < -0.39 is 30.0 Å². The summed E-state index contributed by atoms with van der Waals surface area (Å²) in [6, 6.07) is 16.5. The molecule has 4 rings (SSSR count). The van der Waals surface area contributed by atoms with Crippen LogP contribution in [0.1, 0.15) is 11.1 Å². The molecule has 0 fully saturated rings. The Morgan fingerprint density at radius 2 is 1.34 bits per heavy atom. The molecular formula is C25H22N4O7S2. The van der Waals surface area contributed by atoms with Gasteiger partial charge >= 0.3 is 0 Å². The third kappa shape index (κ3) is 6.08. The second-order valence-electron chi connectivity index (χ2n) is 8.32. The van der Waals surface area contributed by atoms with Gasteiger partial charge in [0, 0.05) is 11.5 Å². The first-order valence-electron chi connectivity index (χ1n) is 11.0. The summed E-state index contributed by atoms with van der Waals surface area (Å²) < 4.78 is 71.5. The summed E-state index contributed by atoms with van der Waals surface area (Å²) in [4.78, 5) is -0.941. The molecule has 196 valence electrons. The van der Waals surface area contributed by atoms with Crippen LogP contribution in [0.15, 0.2) is 97.0 Å². The molecule has 0 amide bonds. The van der Waals surface area contributed by atoms with Crippen molar-refractivity contribution in [2.45, 2.75) is 23.6 Å². The van der Waals surface area contributed by atoms with Gasteiger partial charge in [-0.3, -0.25) is 9.11 Å². The standard InChI is InChI=1S/C25H22N4O7S2/c1-15-4-6-18(7-5-15)26-29-23-10-16(2)22(14-24(23)36-3)28-27-19-11-17-12-20(37(30,31)32)8-9-21(17)25(13-19)38(33,34)35/h4-14H,1-3H3,(H,30,31,32)(H,33,34,35). The average molecular weight is 555 g/mol. The summed E-state index contributed by atoms with van der Waals surface area (Å²) >= 11 is 0. The SMILES string of the molecule is COc1cc(N=Nc2cc(S(=O)(=O)O)c3ccc(S(=O)(=O)O)cc3c2)c(C)cc1N=Nc1ccc(C)cc1. The zero-order valence-corrected chi connectivity index (χ0v) is 22.0. The number of nitrogens with zero attached hydrogens (tertiary/aromatic N) is 4. The van der Waals surface area contributed by atoms with E-state index in [9.17, 15) is 25.9 Å². The van der Waals surface area contributed by atoms with Gasteiger partial charge in [0.05, 0.1) is 29.1 Å². The maximum absolute atomic E-state index is 12.0. The summed E-state index contributed by atoms with van der Waals surface area (Å²) in [6.45, 7) is 3.74. The molecule has 0 saturated carbocycles. The van der Waals surface area contributed by atoms with E-state index >= 15 is 0 Å². The summed E-state index contributed by atoms with van der Waals surface area (Å²) in [5, 5.41) is 16.9. The molecule has 11 nitrogen and oxygen atoms in total. The van der Waals surface area contributed by atoms with Crippen molar-refractivity contribution in [2.75, 3.05) is 7.11 Å². The molecule has 0 atom stereocenters. The second kappa shape index (κ2) is 10.4. The molecule has 0 radical (unpaired) electrons. The van der Waals surface area contributed by atoms with Crippen LogP contribution in [-0.2, 0) is 20.2 Å². The lowest BCUT2D eigenvalue weighted by Gasteiger charge is -2.08. The summed E-state index contributed by atoms with van der Waals surface area (Å²) in [5.41, 5.74) is 3.29. The number of methoxy groups -OCH3 is 1. The van der Waals surface area contributed by atoms with Crippen LogP contribution in [0.5, 0.6) is 5.75 Å². The normalized spacial score (nSPS) is 12.6. The van der Waals surface area contributed by atoms with Crippen LogP contribution in [0.2, 0.25) is 0 Å². The van der Waals surface area contributed by atoms with Gasteiger partial charge in [-0.25, -0.2) is 0 Å². The summed E-state index contributed by atoms with van der Waals surface area (Å²) in [7, 11) is -7.78. The van der Waals surface area contributed by atoms with Crippen LogP contribution in [0.4, 0.5) is 22.7 Å². The quantitative estimate of drug-likeness (QED) is 0.187. The van der Waals surface area contributed by atoms with Crippen molar-refractivity contribution in [3.63, 3.8) is 0 Å². The van der Waals surface area contributed by atoms with E-state index in [1.807, 2.05) is 31.2 Å². The Hall–Kier alpha value is -4.04. The van der Waals surface area contributed by atoms with Crippen LogP contribution >= 0.6 is 0 Å². The predicted octanol–water partition coefficient (Wildman–Crippen LogP) is 6.79. The van der Waals surface area contributed by atoms with Crippen molar-refractivity contribution < 1.29 is 30.7 Å². The molecule has 0 aromatic heterocycles. The maximum Gasteiger partial charge on any atom is 0.295 e. The molecule has 0 bridgehead atoms. The van der Waals surface area contributed by atoms with Gasteiger partial charge in [0.25, 0.3) is 20.2 Å². The monoisotopic (exact) mass is 554 g/mol. The number of fused-ring (bicyclic) bond motifs is 1. The Balaban J connectivity index is 1.74. The van der Waals surface area contributed by atoms with Crippen molar-refractivity contribution in [2.24, 2.45) is 20.5 Å². The van der Waals surface area contributed by atoms with E-state index in [-0.39, 0.29) is 16.5 Å². The number of benzene rings is 4. The van der Waals surface area contributed by atoms with Crippen molar-refractivity contribution in [3.8, 4) is 5.75 Å². The van der Waals surface area contributed by atoms with Crippen molar-refractivity contribution >= 4 is 53.8 Å². The summed E-state index contributed by atoms with van der Waals surface area (Å²) in [6.07, 6.45) is 0. The van der Waals surface area contributed by atoms with Gasteiger partial charge in [-0.05, 0) is 67.3 Å². The molecular weight excluding hydrogens is 532 g/mol. The minimum atomic E-state index is -4.70. The molecule has 0 aliphatic rings. The van der Waals surface area contributed by atoms with E-state index in [4.69, 9.17) is 4.74 Å². The average Bonchev–Trinajstić information content (AvgIpc) is 2.85. The van der Waals surface area contributed by atoms with E-state index in [0.29, 0.717) is 28.4 Å². The van der Waals surface area contributed by atoms with Gasteiger partial charge in [0.2, 0.25) is 0 Å². The Labute approximate surface area is 219 Å². The molecule has 2 N–H and O–H groups in total. The maximum atomic E-state index is 12.0. The van der Waals surface area contributed by atoms with Gasteiger partial charge in [0.1, 0.15) is 16.3 Å². The van der Waals surface area contributed by atoms with E-state index in [1.165, 1.54) is 19.2 Å². The second-order valence-corrected chi connectivity index (χ2v) is 11.1. The molecule has 0 unspecified atom stereocenters. The van der Waals surface area contributed by atoms with E-state index in [2.05, 4.69) is 20.5 Å². The van der Waals surface area contributed by atoms with Gasteiger partial charge in [-0.15, -0.1) is 5.11 Å². The zero-order chi connectivity index (χ0) is 27.7. The molecule has 13 heteroatoms. The Kier molecular flexibility index (Phi) is 7.37. The Bertz CT molecular complexity index is 1820. The number of hydrogen-bond acceptors (Lipinski definition) is 9. The van der Waals surface area contributed by atoms with Crippen molar-refractivity contribution in [1.29, 1.82) is 0 Å². The van der Waals surface area contributed by atoms with E-state index in [1.54, 1.807) is 19.1 Å². The van der Waals surface area contributed by atoms with Crippen molar-refractivity contribution in [1.82, 2.24) is 0 Å². The Morgan fingerprint density at radius 1 is 0.684 bits per heavy atom. The molecule has 38 heavy (non-hydrogen) atoms. The van der Waals surface area contributed by atoms with Crippen LogP contribution in [0, 0.1) is 13.8 Å². The highest BCUT2D eigenvalue weighted by Gasteiger charge is 2.18. The highest BCUT2D eigenvalue weighted by atomic mass is 32.2. The van der Waals surface area contributed by atoms with Gasteiger partial charge in [-0.2, -0.15) is 32.2 Å². The number of azo groups is 2. The van der Waals surface area contributed by atoms with Crippen LogP contribution in [0.25, 0.3) is 10.8 Å². The largest absolute Gasteiger partial charge is 0.494 e. The molecule has 0 heterocycles.